The molecule has 2 aromatic rings. The van der Waals surface area contributed by atoms with E-state index in [2.05, 4.69) is 0 Å². The van der Waals surface area contributed by atoms with Gasteiger partial charge in [-0.1, -0.05) is 25.1 Å². The fourth-order valence-electron chi connectivity index (χ4n) is 2.51. The maximum Gasteiger partial charge on any atom is 0.306 e. The highest BCUT2D eigenvalue weighted by Crippen LogP contribution is 2.30. The van der Waals surface area contributed by atoms with E-state index in [0.717, 1.165) is 15.6 Å². The molecule has 5 heteroatoms. The fraction of sp³-hybridized carbons (Fsp3) is 0.333. The number of aliphatic carboxylic acids is 1. The average molecular weight is 289 g/mol. The van der Waals surface area contributed by atoms with Crippen molar-refractivity contribution in [2.75, 3.05) is 13.1 Å². The van der Waals surface area contributed by atoms with Crippen molar-refractivity contribution in [3.05, 3.63) is 35.2 Å². The largest absolute Gasteiger partial charge is 0.481 e. The van der Waals surface area contributed by atoms with E-state index >= 15 is 0 Å². The number of rotatable bonds is 3. The predicted molar refractivity (Wildman–Crippen MR) is 78.0 cm³/mol. The van der Waals surface area contributed by atoms with Crippen molar-refractivity contribution in [3.63, 3.8) is 0 Å². The van der Waals surface area contributed by atoms with Gasteiger partial charge in [0.15, 0.2) is 0 Å². The van der Waals surface area contributed by atoms with Crippen LogP contribution in [0.3, 0.4) is 0 Å². The number of carboxylic acids is 1. The van der Waals surface area contributed by atoms with Gasteiger partial charge in [-0.2, -0.15) is 0 Å². The van der Waals surface area contributed by atoms with E-state index in [9.17, 15) is 9.59 Å². The van der Waals surface area contributed by atoms with Gasteiger partial charge in [0.05, 0.1) is 11.5 Å². The number of thiophene rings is 1. The van der Waals surface area contributed by atoms with E-state index in [1.165, 1.54) is 0 Å². The standard InChI is InChI=1S/C15H15NO3S/c1-9(15(18)19)10-6-16(7-10)14(17)12-8-20-13-5-3-2-4-11(12)13/h2-5,8-10H,6-7H2,1H3,(H,18,19). The van der Waals surface area contributed by atoms with E-state index in [4.69, 9.17) is 5.11 Å². The lowest BCUT2D eigenvalue weighted by atomic mass is 9.86. The van der Waals surface area contributed by atoms with Crippen LogP contribution >= 0.6 is 11.3 Å². The van der Waals surface area contributed by atoms with Crippen molar-refractivity contribution in [1.82, 2.24) is 4.90 Å². The highest BCUT2D eigenvalue weighted by atomic mass is 32.1. The fourth-order valence-corrected chi connectivity index (χ4v) is 3.44. The van der Waals surface area contributed by atoms with Crippen molar-refractivity contribution in [1.29, 1.82) is 0 Å². The molecule has 1 aliphatic rings. The van der Waals surface area contributed by atoms with E-state index in [-0.39, 0.29) is 11.8 Å². The Hall–Kier alpha value is -1.88. The van der Waals surface area contributed by atoms with Crippen LogP contribution in [0.1, 0.15) is 17.3 Å². The minimum absolute atomic E-state index is 0.0105. The molecule has 20 heavy (non-hydrogen) atoms. The molecule has 1 aromatic carbocycles. The summed E-state index contributed by atoms with van der Waals surface area (Å²) in [6.45, 7) is 2.78. The average Bonchev–Trinajstić information content (AvgIpc) is 2.80. The van der Waals surface area contributed by atoms with Crippen molar-refractivity contribution in [3.8, 4) is 0 Å². The van der Waals surface area contributed by atoms with Gasteiger partial charge < -0.3 is 10.0 Å². The van der Waals surface area contributed by atoms with Gasteiger partial charge in [0, 0.05) is 34.5 Å². The van der Waals surface area contributed by atoms with Crippen LogP contribution in [0, 0.1) is 11.8 Å². The van der Waals surface area contributed by atoms with E-state index in [1.807, 2.05) is 29.6 Å². The molecule has 2 heterocycles. The number of carbonyl (C=O) groups excluding carboxylic acids is 1. The highest BCUT2D eigenvalue weighted by molar-refractivity contribution is 7.17. The summed E-state index contributed by atoms with van der Waals surface area (Å²) in [6.07, 6.45) is 0. The molecular formula is C15H15NO3S. The zero-order valence-corrected chi connectivity index (χ0v) is 11.9. The lowest BCUT2D eigenvalue weighted by Crippen LogP contribution is -2.53. The molecule has 1 saturated heterocycles. The Labute approximate surface area is 120 Å². The molecule has 1 atom stereocenters. The molecule has 0 aliphatic carbocycles. The summed E-state index contributed by atoms with van der Waals surface area (Å²) in [7, 11) is 0. The first-order chi connectivity index (χ1) is 9.58. The Morgan fingerprint density at radius 2 is 2.05 bits per heavy atom. The van der Waals surface area contributed by atoms with Crippen LogP contribution in [-0.4, -0.2) is 35.0 Å². The minimum atomic E-state index is -0.789. The molecule has 1 aliphatic heterocycles. The second kappa shape index (κ2) is 4.90. The Morgan fingerprint density at radius 3 is 2.75 bits per heavy atom. The van der Waals surface area contributed by atoms with Crippen LogP contribution < -0.4 is 0 Å². The Kier molecular flexibility index (Phi) is 3.22. The number of amides is 1. The third kappa shape index (κ3) is 2.08. The molecule has 4 nitrogen and oxygen atoms in total. The van der Waals surface area contributed by atoms with Gasteiger partial charge in [0.25, 0.3) is 5.91 Å². The Morgan fingerprint density at radius 1 is 1.35 bits per heavy atom. The van der Waals surface area contributed by atoms with Gasteiger partial charge >= 0.3 is 5.97 Å². The Balaban J connectivity index is 1.74. The van der Waals surface area contributed by atoms with Gasteiger partial charge in [-0.25, -0.2) is 0 Å². The number of hydrogen-bond donors (Lipinski definition) is 1. The number of fused-ring (bicyclic) bond motifs is 1. The van der Waals surface area contributed by atoms with E-state index < -0.39 is 11.9 Å². The van der Waals surface area contributed by atoms with Gasteiger partial charge in [-0.15, -0.1) is 11.3 Å². The monoisotopic (exact) mass is 289 g/mol. The predicted octanol–water partition coefficient (Wildman–Crippen LogP) is 2.69. The maximum absolute atomic E-state index is 12.4. The molecule has 1 amide bonds. The van der Waals surface area contributed by atoms with Gasteiger partial charge in [-0.05, 0) is 6.07 Å². The quantitative estimate of drug-likeness (QED) is 0.945. The van der Waals surface area contributed by atoms with Crippen LogP contribution in [-0.2, 0) is 4.79 Å². The summed E-state index contributed by atoms with van der Waals surface area (Å²) in [5.74, 6) is -1.10. The first-order valence-corrected chi connectivity index (χ1v) is 7.44. The SMILES string of the molecule is CC(C(=O)O)C1CN(C(=O)c2csc3ccccc23)C1. The normalized spacial score (nSPS) is 16.9. The van der Waals surface area contributed by atoms with Gasteiger partial charge in [-0.3, -0.25) is 9.59 Å². The van der Waals surface area contributed by atoms with Crippen LogP contribution in [0.4, 0.5) is 0 Å². The van der Waals surface area contributed by atoms with Crippen LogP contribution in [0.15, 0.2) is 29.6 Å². The number of carboxylic acid groups (broad SMARTS) is 1. The smallest absolute Gasteiger partial charge is 0.306 e. The number of carbonyl (C=O) groups is 2. The first kappa shape index (κ1) is 13.1. The van der Waals surface area contributed by atoms with E-state index in [1.54, 1.807) is 23.2 Å². The summed E-state index contributed by atoms with van der Waals surface area (Å²) in [5.41, 5.74) is 0.729. The molecular weight excluding hydrogens is 274 g/mol. The van der Waals surface area contributed by atoms with Crippen molar-refractivity contribution in [2.24, 2.45) is 11.8 Å². The lowest BCUT2D eigenvalue weighted by Gasteiger charge is -2.41. The zero-order valence-electron chi connectivity index (χ0n) is 11.1. The number of hydrogen-bond acceptors (Lipinski definition) is 3. The highest BCUT2D eigenvalue weighted by Gasteiger charge is 2.37. The van der Waals surface area contributed by atoms with E-state index in [0.29, 0.717) is 13.1 Å². The molecule has 0 spiro atoms. The summed E-state index contributed by atoms with van der Waals surface area (Å²) < 4.78 is 1.10. The second-order valence-corrected chi connectivity index (χ2v) is 6.15. The lowest BCUT2D eigenvalue weighted by molar-refractivity contribution is -0.144. The molecule has 1 aromatic heterocycles. The number of likely N-dealkylation sites (tertiary alicyclic amines) is 1. The maximum atomic E-state index is 12.4. The number of benzene rings is 1. The van der Waals surface area contributed by atoms with Gasteiger partial charge in [0.2, 0.25) is 0 Å². The summed E-state index contributed by atoms with van der Waals surface area (Å²) >= 11 is 1.56. The molecule has 3 rings (SSSR count). The third-order valence-electron chi connectivity index (χ3n) is 4.01. The molecule has 1 fully saturated rings. The summed E-state index contributed by atoms with van der Waals surface area (Å²) in [4.78, 5) is 25.1. The third-order valence-corrected chi connectivity index (χ3v) is 4.97. The molecule has 0 bridgehead atoms. The molecule has 0 radical (unpaired) electrons. The molecule has 0 saturated carbocycles. The molecule has 104 valence electrons. The zero-order chi connectivity index (χ0) is 14.3. The summed E-state index contributed by atoms with van der Waals surface area (Å²) in [6, 6.07) is 7.84. The van der Waals surface area contributed by atoms with Crippen LogP contribution in [0.2, 0.25) is 0 Å². The topological polar surface area (TPSA) is 57.6 Å². The van der Waals surface area contributed by atoms with Crippen molar-refractivity contribution < 1.29 is 14.7 Å². The second-order valence-electron chi connectivity index (χ2n) is 5.24. The Bertz CT molecular complexity index is 673. The van der Waals surface area contributed by atoms with Crippen molar-refractivity contribution >= 4 is 33.3 Å². The molecule has 1 N–H and O–H groups in total. The summed E-state index contributed by atoms with van der Waals surface area (Å²) in [5, 5.41) is 11.8. The van der Waals surface area contributed by atoms with Crippen LogP contribution in [0.5, 0.6) is 0 Å². The number of nitrogens with zero attached hydrogens (tertiary/aromatic N) is 1. The first-order valence-electron chi connectivity index (χ1n) is 6.56. The van der Waals surface area contributed by atoms with Crippen LogP contribution in [0.25, 0.3) is 10.1 Å². The van der Waals surface area contributed by atoms with Crippen molar-refractivity contribution in [2.45, 2.75) is 6.92 Å². The van der Waals surface area contributed by atoms with Gasteiger partial charge in [0.1, 0.15) is 0 Å². The minimum Gasteiger partial charge on any atom is -0.481 e. The molecule has 1 unspecified atom stereocenters.